The van der Waals surface area contributed by atoms with Crippen LogP contribution in [0.5, 0.6) is 0 Å². The van der Waals surface area contributed by atoms with Crippen LogP contribution >= 0.6 is 0 Å². The summed E-state index contributed by atoms with van der Waals surface area (Å²) >= 11 is 0. The lowest BCUT2D eigenvalue weighted by atomic mass is 10.0. The van der Waals surface area contributed by atoms with Crippen molar-refractivity contribution >= 4 is 0 Å². The molecule has 0 aliphatic rings. The summed E-state index contributed by atoms with van der Waals surface area (Å²) < 4.78 is 0. The standard InChI is InChI=1S/C17H23N3/c1-4-15-7-5-6-8-16(15)13-20(3)14(2)11-17-12-18-9-10-19-17/h5-10,12,14H,4,11,13H2,1-3H3/t14-/m0/s1. The van der Waals surface area contributed by atoms with Crippen LogP contribution in [-0.4, -0.2) is 28.0 Å². The summed E-state index contributed by atoms with van der Waals surface area (Å²) in [6.45, 7) is 5.43. The van der Waals surface area contributed by atoms with E-state index in [2.05, 4.69) is 60.0 Å². The number of aryl methyl sites for hydroxylation is 1. The molecule has 0 saturated heterocycles. The van der Waals surface area contributed by atoms with Gasteiger partial charge < -0.3 is 0 Å². The van der Waals surface area contributed by atoms with Gasteiger partial charge >= 0.3 is 0 Å². The average Bonchev–Trinajstić information content (AvgIpc) is 2.48. The molecule has 1 aromatic carbocycles. The number of rotatable bonds is 6. The zero-order valence-corrected chi connectivity index (χ0v) is 12.6. The van der Waals surface area contributed by atoms with Crippen molar-refractivity contribution in [2.24, 2.45) is 0 Å². The number of hydrogen-bond donors (Lipinski definition) is 0. The van der Waals surface area contributed by atoms with Crippen LogP contribution in [0.4, 0.5) is 0 Å². The average molecular weight is 269 g/mol. The first-order valence-electron chi connectivity index (χ1n) is 7.22. The second-order valence-electron chi connectivity index (χ2n) is 5.29. The first kappa shape index (κ1) is 14.7. The van der Waals surface area contributed by atoms with Crippen molar-refractivity contribution in [3.8, 4) is 0 Å². The van der Waals surface area contributed by atoms with Gasteiger partial charge in [0.05, 0.1) is 5.69 Å². The molecule has 0 amide bonds. The van der Waals surface area contributed by atoms with Crippen molar-refractivity contribution in [1.82, 2.24) is 14.9 Å². The van der Waals surface area contributed by atoms with Gasteiger partial charge in [0.2, 0.25) is 0 Å². The highest BCUT2D eigenvalue weighted by Crippen LogP contribution is 2.14. The maximum absolute atomic E-state index is 4.35. The van der Waals surface area contributed by atoms with Crippen LogP contribution in [-0.2, 0) is 19.4 Å². The van der Waals surface area contributed by atoms with Gasteiger partial charge in [0.15, 0.2) is 0 Å². The van der Waals surface area contributed by atoms with Crippen LogP contribution in [0, 0.1) is 0 Å². The van der Waals surface area contributed by atoms with Crippen molar-refractivity contribution < 1.29 is 0 Å². The van der Waals surface area contributed by atoms with E-state index in [1.165, 1.54) is 11.1 Å². The third kappa shape index (κ3) is 3.87. The molecule has 0 fully saturated rings. The Labute approximate surface area is 121 Å². The van der Waals surface area contributed by atoms with E-state index in [1.54, 1.807) is 12.4 Å². The Bertz CT molecular complexity index is 525. The summed E-state index contributed by atoms with van der Waals surface area (Å²) in [5, 5.41) is 0. The molecule has 0 aliphatic heterocycles. The molecule has 2 rings (SSSR count). The molecular weight excluding hydrogens is 246 g/mol. The number of likely N-dealkylation sites (N-methyl/N-ethyl adjacent to an activating group) is 1. The molecule has 1 heterocycles. The number of aromatic nitrogens is 2. The lowest BCUT2D eigenvalue weighted by Crippen LogP contribution is -2.31. The van der Waals surface area contributed by atoms with E-state index >= 15 is 0 Å². The van der Waals surface area contributed by atoms with Crippen molar-refractivity contribution in [3.05, 3.63) is 59.7 Å². The quantitative estimate of drug-likeness (QED) is 0.807. The van der Waals surface area contributed by atoms with Gasteiger partial charge in [0, 0.05) is 37.6 Å². The molecule has 3 heteroatoms. The largest absolute Gasteiger partial charge is 0.299 e. The fourth-order valence-corrected chi connectivity index (χ4v) is 2.38. The van der Waals surface area contributed by atoms with E-state index in [1.807, 2.05) is 6.20 Å². The minimum Gasteiger partial charge on any atom is -0.299 e. The molecule has 20 heavy (non-hydrogen) atoms. The van der Waals surface area contributed by atoms with Gasteiger partial charge in [0.1, 0.15) is 0 Å². The molecule has 0 radical (unpaired) electrons. The number of hydrogen-bond acceptors (Lipinski definition) is 3. The molecule has 1 aromatic heterocycles. The van der Waals surface area contributed by atoms with Crippen molar-refractivity contribution in [2.75, 3.05) is 7.05 Å². The van der Waals surface area contributed by atoms with Gasteiger partial charge in [-0.25, -0.2) is 0 Å². The molecule has 0 unspecified atom stereocenters. The minimum atomic E-state index is 0.441. The fraction of sp³-hybridized carbons (Fsp3) is 0.412. The minimum absolute atomic E-state index is 0.441. The summed E-state index contributed by atoms with van der Waals surface area (Å²) in [6.07, 6.45) is 7.34. The summed E-state index contributed by atoms with van der Waals surface area (Å²) in [5.74, 6) is 0. The molecule has 2 aromatic rings. The van der Waals surface area contributed by atoms with Gasteiger partial charge in [-0.1, -0.05) is 31.2 Å². The molecule has 0 bridgehead atoms. The Balaban J connectivity index is 1.99. The Morgan fingerprint density at radius 2 is 1.90 bits per heavy atom. The SMILES string of the molecule is CCc1ccccc1CN(C)[C@@H](C)Cc1cnccn1. The van der Waals surface area contributed by atoms with Crippen LogP contribution in [0.3, 0.4) is 0 Å². The molecule has 0 saturated carbocycles. The van der Waals surface area contributed by atoms with Crippen LogP contribution < -0.4 is 0 Å². The Hall–Kier alpha value is -1.74. The smallest absolute Gasteiger partial charge is 0.0602 e. The topological polar surface area (TPSA) is 29.0 Å². The van der Waals surface area contributed by atoms with Crippen molar-refractivity contribution in [2.45, 2.75) is 39.3 Å². The molecule has 106 valence electrons. The summed E-state index contributed by atoms with van der Waals surface area (Å²) in [5.41, 5.74) is 3.91. The van der Waals surface area contributed by atoms with Crippen LogP contribution in [0.15, 0.2) is 42.9 Å². The van der Waals surface area contributed by atoms with Crippen LogP contribution in [0.2, 0.25) is 0 Å². The molecular formula is C17H23N3. The highest BCUT2D eigenvalue weighted by Gasteiger charge is 2.12. The van der Waals surface area contributed by atoms with Crippen LogP contribution in [0.25, 0.3) is 0 Å². The Morgan fingerprint density at radius 3 is 2.55 bits per heavy atom. The molecule has 3 nitrogen and oxygen atoms in total. The van der Waals surface area contributed by atoms with E-state index in [4.69, 9.17) is 0 Å². The van der Waals surface area contributed by atoms with E-state index in [0.717, 1.165) is 25.1 Å². The summed E-state index contributed by atoms with van der Waals surface area (Å²) in [4.78, 5) is 10.9. The first-order valence-corrected chi connectivity index (χ1v) is 7.22. The van der Waals surface area contributed by atoms with E-state index in [0.29, 0.717) is 6.04 Å². The summed E-state index contributed by atoms with van der Waals surface area (Å²) in [7, 11) is 2.17. The first-order chi connectivity index (χ1) is 9.70. The monoisotopic (exact) mass is 269 g/mol. The fourth-order valence-electron chi connectivity index (χ4n) is 2.38. The number of benzene rings is 1. The molecule has 1 atom stereocenters. The van der Waals surface area contributed by atoms with Gasteiger partial charge in [0.25, 0.3) is 0 Å². The van der Waals surface area contributed by atoms with Gasteiger partial charge in [-0.2, -0.15) is 0 Å². The highest BCUT2D eigenvalue weighted by molar-refractivity contribution is 5.26. The molecule has 0 spiro atoms. The zero-order chi connectivity index (χ0) is 14.4. The van der Waals surface area contributed by atoms with Gasteiger partial charge in [-0.15, -0.1) is 0 Å². The Kier molecular flexibility index (Phi) is 5.24. The maximum atomic E-state index is 4.35. The van der Waals surface area contributed by atoms with Crippen LogP contribution in [0.1, 0.15) is 30.7 Å². The van der Waals surface area contributed by atoms with Gasteiger partial charge in [-0.3, -0.25) is 14.9 Å². The van der Waals surface area contributed by atoms with Crippen molar-refractivity contribution in [3.63, 3.8) is 0 Å². The number of nitrogens with zero attached hydrogens (tertiary/aromatic N) is 3. The van der Waals surface area contributed by atoms with E-state index < -0.39 is 0 Å². The van der Waals surface area contributed by atoms with Gasteiger partial charge in [-0.05, 0) is 31.5 Å². The second kappa shape index (κ2) is 7.15. The third-order valence-electron chi connectivity index (χ3n) is 3.79. The summed E-state index contributed by atoms with van der Waals surface area (Å²) in [6, 6.07) is 9.12. The predicted molar refractivity (Wildman–Crippen MR) is 82.5 cm³/mol. The van der Waals surface area contributed by atoms with E-state index in [9.17, 15) is 0 Å². The second-order valence-corrected chi connectivity index (χ2v) is 5.29. The maximum Gasteiger partial charge on any atom is 0.0602 e. The lowest BCUT2D eigenvalue weighted by Gasteiger charge is -2.25. The molecule has 0 N–H and O–H groups in total. The molecule has 0 aliphatic carbocycles. The predicted octanol–water partition coefficient (Wildman–Crippen LogP) is 3.10. The normalized spacial score (nSPS) is 12.6. The Morgan fingerprint density at radius 1 is 1.15 bits per heavy atom. The van der Waals surface area contributed by atoms with Crippen molar-refractivity contribution in [1.29, 1.82) is 0 Å². The highest BCUT2D eigenvalue weighted by atomic mass is 15.1. The lowest BCUT2D eigenvalue weighted by molar-refractivity contribution is 0.246. The van der Waals surface area contributed by atoms with E-state index in [-0.39, 0.29) is 0 Å². The zero-order valence-electron chi connectivity index (χ0n) is 12.6. The third-order valence-corrected chi connectivity index (χ3v) is 3.79.